The molecule has 0 aliphatic carbocycles. The SMILES string of the molecule is Cc1cncc(COc2ccccc2[C@@H](C)O)c1. The summed E-state index contributed by atoms with van der Waals surface area (Å²) in [7, 11) is 0. The molecule has 94 valence electrons. The van der Waals surface area contributed by atoms with E-state index in [-0.39, 0.29) is 0 Å². The average Bonchev–Trinajstić information content (AvgIpc) is 2.37. The number of nitrogens with zero attached hydrogens (tertiary/aromatic N) is 1. The number of ether oxygens (including phenoxy) is 1. The second-order valence-electron chi connectivity index (χ2n) is 4.37. The largest absolute Gasteiger partial charge is 0.488 e. The Morgan fingerprint density at radius 1 is 1.28 bits per heavy atom. The lowest BCUT2D eigenvalue weighted by atomic mass is 10.1. The van der Waals surface area contributed by atoms with Crippen molar-refractivity contribution in [3.8, 4) is 5.75 Å². The molecule has 0 saturated heterocycles. The molecular formula is C15H17NO2. The van der Waals surface area contributed by atoms with Gasteiger partial charge in [-0.3, -0.25) is 4.98 Å². The Morgan fingerprint density at radius 3 is 2.78 bits per heavy atom. The number of aliphatic hydroxyl groups excluding tert-OH is 1. The molecule has 3 heteroatoms. The zero-order valence-electron chi connectivity index (χ0n) is 10.6. The Kier molecular flexibility index (Phi) is 3.95. The third-order valence-electron chi connectivity index (χ3n) is 2.70. The first kappa shape index (κ1) is 12.6. The summed E-state index contributed by atoms with van der Waals surface area (Å²) in [5, 5.41) is 9.65. The van der Waals surface area contributed by atoms with Crippen LogP contribution in [0.4, 0.5) is 0 Å². The summed E-state index contributed by atoms with van der Waals surface area (Å²) < 4.78 is 5.74. The Morgan fingerprint density at radius 2 is 2.06 bits per heavy atom. The molecule has 18 heavy (non-hydrogen) atoms. The molecule has 0 bridgehead atoms. The fourth-order valence-corrected chi connectivity index (χ4v) is 1.81. The summed E-state index contributed by atoms with van der Waals surface area (Å²) >= 11 is 0. The molecule has 3 nitrogen and oxygen atoms in total. The fourth-order valence-electron chi connectivity index (χ4n) is 1.81. The molecule has 0 amide bonds. The maximum absolute atomic E-state index is 9.65. The minimum absolute atomic E-state index is 0.457. The third-order valence-corrected chi connectivity index (χ3v) is 2.70. The number of rotatable bonds is 4. The quantitative estimate of drug-likeness (QED) is 0.897. The number of para-hydroxylation sites is 1. The summed E-state index contributed by atoms with van der Waals surface area (Å²) in [6.07, 6.45) is 3.07. The normalized spacial score (nSPS) is 12.2. The minimum Gasteiger partial charge on any atom is -0.488 e. The molecule has 2 aromatic rings. The van der Waals surface area contributed by atoms with Gasteiger partial charge >= 0.3 is 0 Å². The molecule has 0 fully saturated rings. The van der Waals surface area contributed by atoms with Gasteiger partial charge in [-0.15, -0.1) is 0 Å². The van der Waals surface area contributed by atoms with Gasteiger partial charge in [0.1, 0.15) is 12.4 Å². The predicted molar refractivity (Wildman–Crippen MR) is 70.4 cm³/mol. The van der Waals surface area contributed by atoms with E-state index in [0.717, 1.165) is 16.7 Å². The van der Waals surface area contributed by atoms with Crippen molar-refractivity contribution in [2.75, 3.05) is 0 Å². The van der Waals surface area contributed by atoms with Crippen LogP contribution < -0.4 is 4.74 Å². The molecule has 1 aromatic heterocycles. The number of aromatic nitrogens is 1. The number of aryl methyl sites for hydroxylation is 1. The average molecular weight is 243 g/mol. The lowest BCUT2D eigenvalue weighted by Gasteiger charge is -2.13. The van der Waals surface area contributed by atoms with E-state index >= 15 is 0 Å². The first-order chi connectivity index (χ1) is 8.66. The highest BCUT2D eigenvalue weighted by Crippen LogP contribution is 2.25. The lowest BCUT2D eigenvalue weighted by Crippen LogP contribution is -2.01. The van der Waals surface area contributed by atoms with Crippen LogP contribution in [-0.4, -0.2) is 10.1 Å². The highest BCUT2D eigenvalue weighted by molar-refractivity contribution is 5.35. The van der Waals surface area contributed by atoms with Gasteiger partial charge in [0.05, 0.1) is 6.10 Å². The Hall–Kier alpha value is -1.87. The van der Waals surface area contributed by atoms with Gasteiger partial charge in [-0.2, -0.15) is 0 Å². The van der Waals surface area contributed by atoms with Crippen molar-refractivity contribution in [3.05, 3.63) is 59.4 Å². The van der Waals surface area contributed by atoms with E-state index in [1.807, 2.05) is 43.5 Å². The third kappa shape index (κ3) is 3.08. The first-order valence-electron chi connectivity index (χ1n) is 5.97. The number of hydrogen-bond acceptors (Lipinski definition) is 3. The van der Waals surface area contributed by atoms with Gasteiger partial charge in [0.2, 0.25) is 0 Å². The van der Waals surface area contributed by atoms with Crippen LogP contribution in [0.1, 0.15) is 29.7 Å². The molecule has 0 radical (unpaired) electrons. The molecule has 0 aliphatic heterocycles. The zero-order valence-corrected chi connectivity index (χ0v) is 10.6. The van der Waals surface area contributed by atoms with Crippen molar-refractivity contribution in [2.24, 2.45) is 0 Å². The van der Waals surface area contributed by atoms with Crippen molar-refractivity contribution in [1.82, 2.24) is 4.98 Å². The summed E-state index contributed by atoms with van der Waals surface area (Å²) in [5.74, 6) is 0.717. The monoisotopic (exact) mass is 243 g/mol. The van der Waals surface area contributed by atoms with Crippen LogP contribution in [0.25, 0.3) is 0 Å². The van der Waals surface area contributed by atoms with Crippen molar-refractivity contribution < 1.29 is 9.84 Å². The number of hydrogen-bond donors (Lipinski definition) is 1. The van der Waals surface area contributed by atoms with E-state index in [1.165, 1.54) is 0 Å². The molecule has 1 atom stereocenters. The van der Waals surface area contributed by atoms with Gasteiger partial charge < -0.3 is 9.84 Å². The molecule has 2 rings (SSSR count). The standard InChI is InChI=1S/C15H17NO2/c1-11-7-13(9-16-8-11)10-18-15-6-4-3-5-14(15)12(2)17/h3-9,12,17H,10H2,1-2H3/t12-/m1/s1. The highest BCUT2D eigenvalue weighted by atomic mass is 16.5. The molecule has 0 spiro atoms. The second kappa shape index (κ2) is 5.65. The van der Waals surface area contributed by atoms with Gasteiger partial charge in [-0.25, -0.2) is 0 Å². The first-order valence-corrected chi connectivity index (χ1v) is 5.97. The van der Waals surface area contributed by atoms with Crippen LogP contribution in [0.2, 0.25) is 0 Å². The highest BCUT2D eigenvalue weighted by Gasteiger charge is 2.08. The van der Waals surface area contributed by atoms with E-state index in [9.17, 15) is 5.11 Å². The maximum atomic E-state index is 9.65. The van der Waals surface area contributed by atoms with E-state index in [4.69, 9.17) is 4.74 Å². The van der Waals surface area contributed by atoms with Crippen LogP contribution in [0.5, 0.6) is 5.75 Å². The number of pyridine rings is 1. The Bertz CT molecular complexity index is 523. The van der Waals surface area contributed by atoms with Gasteiger partial charge in [-0.1, -0.05) is 18.2 Å². The summed E-state index contributed by atoms with van der Waals surface area (Å²) in [4.78, 5) is 4.12. The van der Waals surface area contributed by atoms with Gasteiger partial charge in [0, 0.05) is 23.5 Å². The Labute approximate surface area is 107 Å². The smallest absolute Gasteiger partial charge is 0.125 e. The molecule has 0 saturated carbocycles. The van der Waals surface area contributed by atoms with Crippen molar-refractivity contribution in [3.63, 3.8) is 0 Å². The fraction of sp³-hybridized carbons (Fsp3) is 0.267. The van der Waals surface area contributed by atoms with Crippen LogP contribution in [0.3, 0.4) is 0 Å². The molecular weight excluding hydrogens is 226 g/mol. The minimum atomic E-state index is -0.531. The van der Waals surface area contributed by atoms with Crippen molar-refractivity contribution >= 4 is 0 Å². The number of benzene rings is 1. The van der Waals surface area contributed by atoms with Crippen LogP contribution in [-0.2, 0) is 6.61 Å². The molecule has 0 aliphatic rings. The molecule has 1 aromatic carbocycles. The maximum Gasteiger partial charge on any atom is 0.125 e. The van der Waals surface area contributed by atoms with E-state index in [1.54, 1.807) is 13.1 Å². The molecule has 1 N–H and O–H groups in total. The van der Waals surface area contributed by atoms with Crippen LogP contribution in [0.15, 0.2) is 42.7 Å². The second-order valence-corrected chi connectivity index (χ2v) is 4.37. The zero-order chi connectivity index (χ0) is 13.0. The van der Waals surface area contributed by atoms with Gasteiger partial charge in [-0.05, 0) is 31.5 Å². The van der Waals surface area contributed by atoms with E-state index in [2.05, 4.69) is 4.98 Å². The van der Waals surface area contributed by atoms with E-state index < -0.39 is 6.10 Å². The van der Waals surface area contributed by atoms with E-state index in [0.29, 0.717) is 12.4 Å². The van der Waals surface area contributed by atoms with Crippen molar-refractivity contribution in [2.45, 2.75) is 26.6 Å². The van der Waals surface area contributed by atoms with Gasteiger partial charge in [0.25, 0.3) is 0 Å². The summed E-state index contributed by atoms with van der Waals surface area (Å²) in [5.41, 5.74) is 2.94. The number of aliphatic hydroxyl groups is 1. The summed E-state index contributed by atoms with van der Waals surface area (Å²) in [6, 6.07) is 9.57. The van der Waals surface area contributed by atoms with Crippen LogP contribution >= 0.6 is 0 Å². The topological polar surface area (TPSA) is 42.4 Å². The Balaban J connectivity index is 2.11. The van der Waals surface area contributed by atoms with Crippen molar-refractivity contribution in [1.29, 1.82) is 0 Å². The van der Waals surface area contributed by atoms with Gasteiger partial charge in [0.15, 0.2) is 0 Å². The van der Waals surface area contributed by atoms with Crippen LogP contribution in [0, 0.1) is 6.92 Å². The molecule has 1 heterocycles. The predicted octanol–water partition coefficient (Wildman–Crippen LogP) is 3.02. The lowest BCUT2D eigenvalue weighted by molar-refractivity contribution is 0.190. The summed E-state index contributed by atoms with van der Waals surface area (Å²) in [6.45, 7) is 4.19. The molecule has 0 unspecified atom stereocenters.